The van der Waals surface area contributed by atoms with E-state index < -0.39 is 0 Å². The van der Waals surface area contributed by atoms with E-state index in [1.54, 1.807) is 0 Å². The van der Waals surface area contributed by atoms with E-state index in [2.05, 4.69) is 75.5 Å². The number of benzene rings is 2. The van der Waals surface area contributed by atoms with Crippen LogP contribution in [0.15, 0.2) is 54.6 Å². The highest BCUT2D eigenvalue weighted by Crippen LogP contribution is 2.30. The van der Waals surface area contributed by atoms with Crippen molar-refractivity contribution in [3.05, 3.63) is 60.3 Å². The Balaban J connectivity index is 1.75. The van der Waals surface area contributed by atoms with E-state index in [1.165, 1.54) is 22.3 Å². The third kappa shape index (κ3) is 2.43. The number of nitrogens with zero attached hydrogens (tertiary/aromatic N) is 4. The Morgan fingerprint density at radius 1 is 0.923 bits per heavy atom. The molecule has 4 aromatic rings. The fourth-order valence-corrected chi connectivity index (χ4v) is 3.91. The quantitative estimate of drug-likeness (QED) is 0.571. The van der Waals surface area contributed by atoms with Crippen LogP contribution in [0.5, 0.6) is 0 Å². The first kappa shape index (κ1) is 15.6. The third-order valence-corrected chi connectivity index (χ3v) is 5.26. The van der Waals surface area contributed by atoms with Crippen molar-refractivity contribution >= 4 is 16.8 Å². The maximum atomic E-state index is 5.53. The lowest BCUT2D eigenvalue weighted by Crippen LogP contribution is -2.36. The van der Waals surface area contributed by atoms with Gasteiger partial charge in [0.15, 0.2) is 0 Å². The van der Waals surface area contributed by atoms with E-state index in [9.17, 15) is 0 Å². The molecule has 0 spiro atoms. The molecule has 0 radical (unpaired) electrons. The molecule has 1 aliphatic rings. The molecule has 2 aromatic heterocycles. The Hall–Kier alpha value is -2.63. The van der Waals surface area contributed by atoms with Crippen LogP contribution in [-0.4, -0.2) is 45.2 Å². The van der Waals surface area contributed by atoms with E-state index in [1.807, 2.05) is 0 Å². The maximum Gasteiger partial charge on any atom is 0.215 e. The topological polar surface area (TPSA) is 34.7 Å². The Labute approximate surface area is 152 Å². The summed E-state index contributed by atoms with van der Waals surface area (Å²) in [6.07, 6.45) is 0. The largest absolute Gasteiger partial charge is 0.379 e. The van der Waals surface area contributed by atoms with Crippen LogP contribution in [0.25, 0.3) is 28.1 Å². The van der Waals surface area contributed by atoms with Gasteiger partial charge in [0.2, 0.25) is 5.78 Å². The van der Waals surface area contributed by atoms with Crippen LogP contribution in [0.3, 0.4) is 0 Å². The molecule has 5 rings (SSSR count). The highest BCUT2D eigenvalue weighted by atomic mass is 16.5. The zero-order chi connectivity index (χ0) is 17.5. The molecule has 0 saturated carbocycles. The zero-order valence-electron chi connectivity index (χ0n) is 14.9. The highest BCUT2D eigenvalue weighted by molar-refractivity contribution is 5.83. The van der Waals surface area contributed by atoms with Crippen LogP contribution in [0.4, 0.5) is 0 Å². The van der Waals surface area contributed by atoms with Crippen molar-refractivity contribution in [3.8, 4) is 11.3 Å². The second kappa shape index (κ2) is 6.27. The van der Waals surface area contributed by atoms with E-state index in [0.717, 1.165) is 44.3 Å². The summed E-state index contributed by atoms with van der Waals surface area (Å²) >= 11 is 0. The molecule has 0 amide bonds. The van der Waals surface area contributed by atoms with Gasteiger partial charge in [-0.15, -0.1) is 0 Å². The van der Waals surface area contributed by atoms with Gasteiger partial charge in [-0.1, -0.05) is 42.5 Å². The fourth-order valence-electron chi connectivity index (χ4n) is 3.91. The van der Waals surface area contributed by atoms with Crippen molar-refractivity contribution in [1.82, 2.24) is 18.9 Å². The molecule has 1 aliphatic heterocycles. The molecule has 0 N–H and O–H groups in total. The number of fused-ring (bicyclic) bond motifs is 3. The molecule has 0 unspecified atom stereocenters. The number of morpholine rings is 1. The van der Waals surface area contributed by atoms with E-state index in [-0.39, 0.29) is 0 Å². The molecule has 5 heteroatoms. The molecule has 2 aromatic carbocycles. The molecule has 1 fully saturated rings. The summed E-state index contributed by atoms with van der Waals surface area (Å²) in [6, 6.07) is 19.0. The normalized spacial score (nSPS) is 15.9. The Bertz CT molecular complexity index is 1060. The highest BCUT2D eigenvalue weighted by Gasteiger charge is 2.22. The van der Waals surface area contributed by atoms with E-state index in [0.29, 0.717) is 0 Å². The fraction of sp³-hybridized carbons (Fsp3) is 0.286. The average molecular weight is 346 g/mol. The lowest BCUT2D eigenvalue weighted by atomic mass is 10.1. The number of hydrogen-bond donors (Lipinski definition) is 0. The first-order chi connectivity index (χ1) is 12.8. The van der Waals surface area contributed by atoms with Gasteiger partial charge in [0.1, 0.15) is 0 Å². The van der Waals surface area contributed by atoms with Crippen molar-refractivity contribution in [2.45, 2.75) is 6.54 Å². The molecule has 0 bridgehead atoms. The Kier molecular flexibility index (Phi) is 3.76. The van der Waals surface area contributed by atoms with Crippen LogP contribution in [-0.2, 0) is 18.3 Å². The maximum absolute atomic E-state index is 5.53. The Morgan fingerprint density at radius 3 is 2.38 bits per heavy atom. The lowest BCUT2D eigenvalue weighted by Gasteiger charge is -2.26. The van der Waals surface area contributed by atoms with Crippen molar-refractivity contribution in [1.29, 1.82) is 0 Å². The van der Waals surface area contributed by atoms with Crippen molar-refractivity contribution in [3.63, 3.8) is 0 Å². The standard InChI is InChI=1S/C21H22N4O/c1-23-17-9-5-6-10-18(17)25-19(15-24-11-13-26-14-12-24)20(22-21(23)25)16-7-3-2-4-8-16/h2-10H,11-15H2,1H3. The lowest BCUT2D eigenvalue weighted by molar-refractivity contribution is 0.0336. The number of imidazole rings is 2. The van der Waals surface area contributed by atoms with Gasteiger partial charge in [0.05, 0.1) is 35.6 Å². The second-order valence-electron chi connectivity index (χ2n) is 6.84. The molecule has 26 heavy (non-hydrogen) atoms. The molecule has 0 atom stereocenters. The minimum Gasteiger partial charge on any atom is -0.379 e. The number of para-hydroxylation sites is 2. The summed E-state index contributed by atoms with van der Waals surface area (Å²) in [6.45, 7) is 4.41. The molecule has 1 saturated heterocycles. The number of ether oxygens (including phenoxy) is 1. The summed E-state index contributed by atoms with van der Waals surface area (Å²) in [4.78, 5) is 7.51. The summed E-state index contributed by atoms with van der Waals surface area (Å²) in [5.74, 6) is 0.994. The SMILES string of the molecule is Cn1c2ccccc2n2c(CN3CCOCC3)c(-c3ccccc3)nc12. The summed E-state index contributed by atoms with van der Waals surface area (Å²) in [5, 5.41) is 0. The first-order valence-corrected chi connectivity index (χ1v) is 9.13. The molecule has 0 aliphatic carbocycles. The minimum absolute atomic E-state index is 0.804. The number of hydrogen-bond acceptors (Lipinski definition) is 3. The molecule has 5 nitrogen and oxygen atoms in total. The van der Waals surface area contributed by atoms with Gasteiger partial charge in [0.25, 0.3) is 0 Å². The van der Waals surface area contributed by atoms with E-state index in [4.69, 9.17) is 9.72 Å². The van der Waals surface area contributed by atoms with Crippen molar-refractivity contribution < 1.29 is 4.74 Å². The van der Waals surface area contributed by atoms with Crippen LogP contribution >= 0.6 is 0 Å². The molecular formula is C21H22N4O. The molecule has 132 valence electrons. The van der Waals surface area contributed by atoms with Crippen LogP contribution in [0.1, 0.15) is 5.69 Å². The van der Waals surface area contributed by atoms with Gasteiger partial charge in [-0.2, -0.15) is 0 Å². The third-order valence-electron chi connectivity index (χ3n) is 5.26. The zero-order valence-corrected chi connectivity index (χ0v) is 14.9. The summed E-state index contributed by atoms with van der Waals surface area (Å²) in [5.41, 5.74) is 5.92. The van der Waals surface area contributed by atoms with Gasteiger partial charge in [-0.05, 0) is 12.1 Å². The second-order valence-corrected chi connectivity index (χ2v) is 6.84. The summed E-state index contributed by atoms with van der Waals surface area (Å²) < 4.78 is 10.0. The van der Waals surface area contributed by atoms with Crippen molar-refractivity contribution in [2.24, 2.45) is 7.05 Å². The van der Waals surface area contributed by atoms with Crippen LogP contribution in [0, 0.1) is 0 Å². The monoisotopic (exact) mass is 346 g/mol. The average Bonchev–Trinajstić information content (AvgIpc) is 3.20. The summed E-state index contributed by atoms with van der Waals surface area (Å²) in [7, 11) is 2.10. The van der Waals surface area contributed by atoms with E-state index >= 15 is 0 Å². The van der Waals surface area contributed by atoms with Crippen LogP contribution < -0.4 is 0 Å². The van der Waals surface area contributed by atoms with Crippen LogP contribution in [0.2, 0.25) is 0 Å². The van der Waals surface area contributed by atoms with Gasteiger partial charge >= 0.3 is 0 Å². The van der Waals surface area contributed by atoms with Gasteiger partial charge < -0.3 is 9.30 Å². The van der Waals surface area contributed by atoms with Gasteiger partial charge in [-0.3, -0.25) is 9.30 Å². The molecule has 3 heterocycles. The number of rotatable bonds is 3. The predicted molar refractivity (Wildman–Crippen MR) is 103 cm³/mol. The minimum atomic E-state index is 0.804. The van der Waals surface area contributed by atoms with Gasteiger partial charge in [0, 0.05) is 32.2 Å². The predicted octanol–water partition coefficient (Wildman–Crippen LogP) is 3.33. The first-order valence-electron chi connectivity index (χ1n) is 9.13. The smallest absolute Gasteiger partial charge is 0.215 e. The van der Waals surface area contributed by atoms with Gasteiger partial charge in [-0.25, -0.2) is 4.98 Å². The number of aryl methyl sites for hydroxylation is 1. The number of aromatic nitrogens is 3. The Morgan fingerprint density at radius 2 is 1.62 bits per heavy atom. The molecular weight excluding hydrogens is 324 g/mol. The van der Waals surface area contributed by atoms with Crippen molar-refractivity contribution in [2.75, 3.05) is 26.3 Å².